The summed E-state index contributed by atoms with van der Waals surface area (Å²) in [6.07, 6.45) is 0. The fourth-order valence-electron chi connectivity index (χ4n) is 2.95. The van der Waals surface area contributed by atoms with Crippen LogP contribution in [0, 0.1) is 5.92 Å². The largest absolute Gasteiger partial charge is 0.345 e. The van der Waals surface area contributed by atoms with E-state index in [-0.39, 0.29) is 0 Å². The second kappa shape index (κ2) is 7.31. The van der Waals surface area contributed by atoms with Gasteiger partial charge in [0.25, 0.3) is 0 Å². The van der Waals surface area contributed by atoms with Gasteiger partial charge in [-0.25, -0.2) is 4.79 Å². The Morgan fingerprint density at radius 1 is 1.00 bits per heavy atom. The topological polar surface area (TPSA) is 74.2 Å². The van der Waals surface area contributed by atoms with Crippen LogP contribution in [0.1, 0.15) is 16.8 Å². The summed E-state index contributed by atoms with van der Waals surface area (Å²) in [5.41, 5.74) is 0.923. The molecule has 0 radical (unpaired) electrons. The van der Waals surface area contributed by atoms with E-state index in [1.807, 2.05) is 36.4 Å². The van der Waals surface area contributed by atoms with Crippen LogP contribution in [0.25, 0.3) is 0 Å². The molecule has 1 heterocycles. The van der Waals surface area contributed by atoms with Gasteiger partial charge in [0.15, 0.2) is 0 Å². The maximum absolute atomic E-state index is 13.3. The first kappa shape index (κ1) is 17.5. The predicted molar refractivity (Wildman–Crippen MR) is 93.4 cm³/mol. The molecule has 0 spiro atoms. The van der Waals surface area contributed by atoms with Gasteiger partial charge in [-0.2, -0.15) is 0 Å². The minimum absolute atomic E-state index is 0.411. The Balaban J connectivity index is 2.13. The lowest BCUT2D eigenvalue weighted by molar-refractivity contribution is -0.143. The highest BCUT2D eigenvalue weighted by Crippen LogP contribution is 2.64. The summed E-state index contributed by atoms with van der Waals surface area (Å²) in [6, 6.07) is 18.2. The highest BCUT2D eigenvalue weighted by molar-refractivity contribution is 7.54. The third-order valence-electron chi connectivity index (χ3n) is 4.16. The first-order valence-corrected chi connectivity index (χ1v) is 9.32. The van der Waals surface area contributed by atoms with Crippen LogP contribution in [0.15, 0.2) is 65.8 Å². The number of rotatable bonds is 6. The van der Waals surface area contributed by atoms with Crippen LogP contribution in [0.2, 0.25) is 0 Å². The van der Waals surface area contributed by atoms with E-state index >= 15 is 0 Å². The molecule has 25 heavy (non-hydrogen) atoms. The molecule has 0 saturated heterocycles. The Kier molecular flexibility index (Phi) is 5.13. The third kappa shape index (κ3) is 3.29. The lowest BCUT2D eigenvalue weighted by atomic mass is 9.90. The lowest BCUT2D eigenvalue weighted by Crippen LogP contribution is -2.27. The van der Waals surface area contributed by atoms with Gasteiger partial charge in [0, 0.05) is 19.8 Å². The predicted octanol–water partition coefficient (Wildman–Crippen LogP) is 3.79. The first-order chi connectivity index (χ1) is 12.1. The van der Waals surface area contributed by atoms with E-state index in [2.05, 4.69) is 5.16 Å². The molecule has 0 bridgehead atoms. The van der Waals surface area contributed by atoms with E-state index in [4.69, 9.17) is 13.9 Å². The second-order valence-corrected chi connectivity index (χ2v) is 7.86. The van der Waals surface area contributed by atoms with E-state index in [0.717, 1.165) is 5.56 Å². The molecule has 0 saturated carbocycles. The summed E-state index contributed by atoms with van der Waals surface area (Å²) in [7, 11) is -1.03. The minimum Gasteiger partial charge on any atom is -0.317 e. The standard InChI is InChI=1S/C18H18NO5P/c1-22-25(21,23-2)17(14-11-7-4-8-12-14)15-16(19-24-18(15)20)13-9-5-3-6-10-13/h3-12,15,17H,1-2H3. The summed E-state index contributed by atoms with van der Waals surface area (Å²) in [6.45, 7) is 0. The van der Waals surface area contributed by atoms with Crippen molar-refractivity contribution < 1.29 is 23.2 Å². The quantitative estimate of drug-likeness (QED) is 0.579. The van der Waals surface area contributed by atoms with Crippen molar-refractivity contribution in [3.05, 3.63) is 71.8 Å². The molecule has 0 amide bonds. The summed E-state index contributed by atoms with van der Waals surface area (Å²) < 4.78 is 23.7. The van der Waals surface area contributed by atoms with Crippen LogP contribution in [-0.2, 0) is 23.2 Å². The van der Waals surface area contributed by atoms with Crippen molar-refractivity contribution in [3.63, 3.8) is 0 Å². The molecule has 0 N–H and O–H groups in total. The average molecular weight is 359 g/mol. The molecule has 1 aliphatic heterocycles. The van der Waals surface area contributed by atoms with Gasteiger partial charge in [-0.05, 0) is 5.56 Å². The van der Waals surface area contributed by atoms with Gasteiger partial charge >= 0.3 is 13.6 Å². The van der Waals surface area contributed by atoms with Gasteiger partial charge < -0.3 is 13.9 Å². The fraction of sp³-hybridized carbons (Fsp3) is 0.222. The van der Waals surface area contributed by atoms with Crippen molar-refractivity contribution in [2.45, 2.75) is 5.66 Å². The molecular weight excluding hydrogens is 341 g/mol. The molecule has 0 aromatic heterocycles. The van der Waals surface area contributed by atoms with Crippen LogP contribution in [-0.4, -0.2) is 25.9 Å². The summed E-state index contributed by atoms with van der Waals surface area (Å²) in [5, 5.41) is 3.93. The van der Waals surface area contributed by atoms with Crippen molar-refractivity contribution in [1.29, 1.82) is 0 Å². The maximum Gasteiger partial charge on any atom is 0.345 e. The van der Waals surface area contributed by atoms with Gasteiger partial charge in [0.2, 0.25) is 0 Å². The van der Waals surface area contributed by atoms with Crippen molar-refractivity contribution in [2.75, 3.05) is 14.2 Å². The Labute approximate surface area is 145 Å². The SMILES string of the molecule is COP(=O)(OC)C(c1ccccc1)C1C(=O)ON=C1c1ccccc1. The number of benzene rings is 2. The van der Waals surface area contributed by atoms with Gasteiger partial charge in [0.05, 0.1) is 0 Å². The number of carbonyl (C=O) groups is 1. The fourth-order valence-corrected chi connectivity index (χ4v) is 4.72. The number of hydrogen-bond acceptors (Lipinski definition) is 6. The van der Waals surface area contributed by atoms with E-state index in [1.54, 1.807) is 24.3 Å². The maximum atomic E-state index is 13.3. The Morgan fingerprint density at radius 3 is 2.12 bits per heavy atom. The van der Waals surface area contributed by atoms with Crippen LogP contribution in [0.3, 0.4) is 0 Å². The molecule has 130 valence electrons. The van der Waals surface area contributed by atoms with E-state index in [9.17, 15) is 9.36 Å². The van der Waals surface area contributed by atoms with Crippen LogP contribution < -0.4 is 0 Å². The molecule has 7 heteroatoms. The number of oxime groups is 1. The first-order valence-electron chi connectivity index (χ1n) is 7.71. The monoisotopic (exact) mass is 359 g/mol. The van der Waals surface area contributed by atoms with Gasteiger partial charge in [-0.15, -0.1) is 0 Å². The lowest BCUT2D eigenvalue weighted by Gasteiger charge is -2.28. The Bertz CT molecular complexity index is 814. The number of hydrogen-bond donors (Lipinski definition) is 0. The number of nitrogens with zero attached hydrogens (tertiary/aromatic N) is 1. The number of carbonyl (C=O) groups excluding carboxylic acids is 1. The summed E-state index contributed by atoms with van der Waals surface area (Å²) in [5.74, 6) is -1.47. The Hall–Kier alpha value is -2.27. The van der Waals surface area contributed by atoms with Crippen molar-refractivity contribution in [2.24, 2.45) is 11.1 Å². The second-order valence-electron chi connectivity index (χ2n) is 5.49. The normalized spacial score (nSPS) is 18.6. The molecular formula is C18H18NO5P. The highest BCUT2D eigenvalue weighted by atomic mass is 31.2. The zero-order valence-electron chi connectivity index (χ0n) is 13.9. The van der Waals surface area contributed by atoms with Gasteiger partial charge in [-0.1, -0.05) is 65.8 Å². The summed E-state index contributed by atoms with van der Waals surface area (Å²) in [4.78, 5) is 17.4. The molecule has 0 aliphatic carbocycles. The molecule has 2 aromatic carbocycles. The van der Waals surface area contributed by atoms with E-state index < -0.39 is 25.1 Å². The molecule has 1 aliphatic rings. The van der Waals surface area contributed by atoms with Crippen molar-refractivity contribution in [1.82, 2.24) is 0 Å². The van der Waals surface area contributed by atoms with Crippen LogP contribution in [0.5, 0.6) is 0 Å². The average Bonchev–Trinajstić information content (AvgIpc) is 3.04. The molecule has 2 unspecified atom stereocenters. The van der Waals surface area contributed by atoms with E-state index in [0.29, 0.717) is 11.3 Å². The Morgan fingerprint density at radius 2 is 1.56 bits per heavy atom. The minimum atomic E-state index is -3.64. The zero-order valence-corrected chi connectivity index (χ0v) is 14.8. The van der Waals surface area contributed by atoms with Crippen molar-refractivity contribution >= 4 is 19.3 Å². The molecule has 3 rings (SSSR count). The third-order valence-corrected chi connectivity index (χ3v) is 6.45. The smallest absolute Gasteiger partial charge is 0.317 e. The molecule has 6 nitrogen and oxygen atoms in total. The molecule has 2 aromatic rings. The van der Waals surface area contributed by atoms with Crippen LogP contribution >= 0.6 is 7.60 Å². The molecule has 2 atom stereocenters. The highest BCUT2D eigenvalue weighted by Gasteiger charge is 2.50. The zero-order chi connectivity index (χ0) is 17.9. The summed E-state index contributed by atoms with van der Waals surface area (Å²) >= 11 is 0. The van der Waals surface area contributed by atoms with Crippen molar-refractivity contribution in [3.8, 4) is 0 Å². The van der Waals surface area contributed by atoms with E-state index in [1.165, 1.54) is 14.2 Å². The van der Waals surface area contributed by atoms with Gasteiger partial charge in [0.1, 0.15) is 17.3 Å². The van der Waals surface area contributed by atoms with Crippen LogP contribution in [0.4, 0.5) is 0 Å². The molecule has 0 fully saturated rings. The van der Waals surface area contributed by atoms with Gasteiger partial charge in [-0.3, -0.25) is 4.57 Å².